The summed E-state index contributed by atoms with van der Waals surface area (Å²) in [6.07, 6.45) is 0. The van der Waals surface area contributed by atoms with Gasteiger partial charge in [0.25, 0.3) is 0 Å². The topological polar surface area (TPSA) is 40.5 Å². The van der Waals surface area contributed by atoms with Gasteiger partial charge in [-0.05, 0) is 118 Å². The molecule has 0 unspecified atom stereocenters. The molecular formula is C52H36BBr3O2. The number of benzene rings is 10. The molecule has 0 fully saturated rings. The zero-order valence-electron chi connectivity index (χ0n) is 40.5. The SMILES string of the molecule is Brc1ccc(Br)cc1.[2H]c1c([2H])c([2H])c(-c2c3ccccc3c(-c3ccc(Br)cc3)c3ccccc23)c([2H])c1[2H].[2H]c1c([2H])c([2H])c(-c2c3ccccc3c(B(O)O)c3ccccc23)c([2H])c1[2H]. The number of rotatable bonds is 4. The van der Waals surface area contributed by atoms with Crippen molar-refractivity contribution in [1.29, 1.82) is 0 Å². The Morgan fingerprint density at radius 2 is 0.586 bits per heavy atom. The molecule has 6 heteroatoms. The first-order valence-electron chi connectivity index (χ1n) is 23.1. The van der Waals surface area contributed by atoms with Gasteiger partial charge in [0.05, 0.1) is 13.7 Å². The van der Waals surface area contributed by atoms with Gasteiger partial charge < -0.3 is 10.0 Å². The van der Waals surface area contributed by atoms with E-state index in [1.807, 2.05) is 84.9 Å². The minimum absolute atomic E-state index is 0.0948. The summed E-state index contributed by atoms with van der Waals surface area (Å²) < 4.78 is 85.4. The molecule has 10 rings (SSSR count). The summed E-state index contributed by atoms with van der Waals surface area (Å²) in [5, 5.41) is 25.9. The van der Waals surface area contributed by atoms with E-state index in [1.165, 1.54) is 0 Å². The molecule has 0 spiro atoms. The molecule has 2 N–H and O–H groups in total. The van der Waals surface area contributed by atoms with Crippen molar-refractivity contribution >= 4 is 103 Å². The molecule has 0 amide bonds. The predicted molar refractivity (Wildman–Crippen MR) is 259 cm³/mol. The van der Waals surface area contributed by atoms with Crippen LogP contribution in [0.3, 0.4) is 0 Å². The minimum atomic E-state index is -1.72. The molecule has 0 heterocycles. The smallest absolute Gasteiger partial charge is 0.423 e. The van der Waals surface area contributed by atoms with Gasteiger partial charge in [-0.2, -0.15) is 0 Å². The lowest BCUT2D eigenvalue weighted by molar-refractivity contribution is 0.426. The molecule has 280 valence electrons. The normalized spacial score (nSPS) is 13.3. The molecule has 10 aromatic carbocycles. The van der Waals surface area contributed by atoms with Crippen molar-refractivity contribution in [2.45, 2.75) is 0 Å². The van der Waals surface area contributed by atoms with Crippen molar-refractivity contribution in [2.75, 3.05) is 0 Å². The van der Waals surface area contributed by atoms with Crippen LogP contribution < -0.4 is 5.46 Å². The van der Waals surface area contributed by atoms with E-state index >= 15 is 0 Å². The van der Waals surface area contributed by atoms with Gasteiger partial charge in [0.1, 0.15) is 0 Å². The number of hydrogen-bond donors (Lipinski definition) is 2. The first-order chi connectivity index (χ1) is 32.5. The first kappa shape index (κ1) is 29.0. The van der Waals surface area contributed by atoms with Crippen molar-refractivity contribution in [3.63, 3.8) is 0 Å². The van der Waals surface area contributed by atoms with Crippen LogP contribution in [-0.4, -0.2) is 17.2 Å². The average molecular weight is 953 g/mol. The fourth-order valence-electron chi connectivity index (χ4n) is 7.21. The lowest BCUT2D eigenvalue weighted by atomic mass is 9.72. The second kappa shape index (κ2) is 18.1. The van der Waals surface area contributed by atoms with Crippen LogP contribution in [0.1, 0.15) is 13.7 Å². The second-order valence-electron chi connectivity index (χ2n) is 13.0. The zero-order valence-corrected chi connectivity index (χ0v) is 35.2. The third-order valence-corrected chi connectivity index (χ3v) is 11.2. The van der Waals surface area contributed by atoms with Crippen LogP contribution in [-0.2, 0) is 0 Å². The summed E-state index contributed by atoms with van der Waals surface area (Å²) in [5.74, 6) is 0. The monoisotopic (exact) mass is 950 g/mol. The van der Waals surface area contributed by atoms with Crippen LogP contribution in [0, 0.1) is 0 Å². The van der Waals surface area contributed by atoms with E-state index in [4.69, 9.17) is 13.7 Å². The minimum Gasteiger partial charge on any atom is -0.423 e. The van der Waals surface area contributed by atoms with E-state index in [1.54, 1.807) is 48.5 Å². The Labute approximate surface area is 378 Å². The fraction of sp³-hybridized carbons (Fsp3) is 0. The van der Waals surface area contributed by atoms with Crippen molar-refractivity contribution in [2.24, 2.45) is 0 Å². The molecule has 0 saturated carbocycles. The maximum atomic E-state index is 10.0. The largest absolute Gasteiger partial charge is 0.489 e. The molecule has 0 bridgehead atoms. The van der Waals surface area contributed by atoms with Crippen LogP contribution in [0.25, 0.3) is 76.5 Å². The van der Waals surface area contributed by atoms with Gasteiger partial charge >= 0.3 is 7.12 Å². The summed E-state index contributed by atoms with van der Waals surface area (Å²) in [7, 11) is -1.72. The summed E-state index contributed by atoms with van der Waals surface area (Å²) in [5.41, 5.74) is 3.89. The van der Waals surface area contributed by atoms with Gasteiger partial charge in [-0.3, -0.25) is 0 Å². The van der Waals surface area contributed by atoms with Crippen LogP contribution >= 0.6 is 47.8 Å². The molecule has 0 aliphatic carbocycles. The molecule has 0 aliphatic rings. The number of fused-ring (bicyclic) bond motifs is 4. The first-order valence-corrected chi connectivity index (χ1v) is 20.5. The van der Waals surface area contributed by atoms with E-state index in [0.717, 1.165) is 46.1 Å². The quantitative estimate of drug-likeness (QED) is 0.136. The summed E-state index contributed by atoms with van der Waals surface area (Å²) in [4.78, 5) is 0. The lowest BCUT2D eigenvalue weighted by Gasteiger charge is -2.17. The molecule has 0 atom stereocenters. The third kappa shape index (κ3) is 8.31. The van der Waals surface area contributed by atoms with Gasteiger partial charge in [0, 0.05) is 13.4 Å². The molecule has 10 aromatic rings. The van der Waals surface area contributed by atoms with Crippen LogP contribution in [0.5, 0.6) is 0 Å². The molecule has 0 radical (unpaired) electrons. The summed E-state index contributed by atoms with van der Waals surface area (Å²) in [6, 6.07) is 42.6. The van der Waals surface area contributed by atoms with Crippen molar-refractivity contribution in [3.8, 4) is 33.4 Å². The Morgan fingerprint density at radius 1 is 0.328 bits per heavy atom. The van der Waals surface area contributed by atoms with Crippen LogP contribution in [0.2, 0.25) is 0 Å². The highest BCUT2D eigenvalue weighted by molar-refractivity contribution is 9.11. The molecule has 2 nitrogen and oxygen atoms in total. The highest BCUT2D eigenvalue weighted by atomic mass is 79.9. The van der Waals surface area contributed by atoms with Crippen molar-refractivity contribution in [3.05, 3.63) is 219 Å². The van der Waals surface area contributed by atoms with Gasteiger partial charge in [-0.1, -0.05) is 217 Å². The Kier molecular flexibility index (Phi) is 9.03. The van der Waals surface area contributed by atoms with E-state index in [-0.39, 0.29) is 53.4 Å². The highest BCUT2D eigenvalue weighted by Crippen LogP contribution is 2.43. The fourth-order valence-corrected chi connectivity index (χ4v) is 8.01. The molecular weight excluding hydrogens is 907 g/mol. The molecule has 58 heavy (non-hydrogen) atoms. The lowest BCUT2D eigenvalue weighted by Crippen LogP contribution is -2.31. The highest BCUT2D eigenvalue weighted by Gasteiger charge is 2.22. The van der Waals surface area contributed by atoms with Crippen molar-refractivity contribution < 1.29 is 23.8 Å². The summed E-state index contributed by atoms with van der Waals surface area (Å²) in [6.45, 7) is 0. The average Bonchev–Trinajstić information content (AvgIpc) is 3.35. The third-order valence-electron chi connectivity index (χ3n) is 9.60. The number of halogens is 3. The summed E-state index contributed by atoms with van der Waals surface area (Å²) >= 11 is 10.2. The Bertz CT molecular complexity index is 3400. The molecule has 0 aromatic heterocycles. The van der Waals surface area contributed by atoms with Crippen LogP contribution in [0.4, 0.5) is 0 Å². The number of hydrogen-bond acceptors (Lipinski definition) is 2. The van der Waals surface area contributed by atoms with Gasteiger partial charge in [0.2, 0.25) is 0 Å². The van der Waals surface area contributed by atoms with E-state index in [0.29, 0.717) is 38.1 Å². The van der Waals surface area contributed by atoms with E-state index in [9.17, 15) is 10.0 Å². The maximum Gasteiger partial charge on any atom is 0.489 e. The van der Waals surface area contributed by atoms with Crippen molar-refractivity contribution in [1.82, 2.24) is 0 Å². The zero-order chi connectivity index (χ0) is 48.7. The van der Waals surface area contributed by atoms with Gasteiger partial charge in [-0.25, -0.2) is 0 Å². The Balaban J connectivity index is 0.000000159. The predicted octanol–water partition coefficient (Wildman–Crippen LogP) is 14.6. The van der Waals surface area contributed by atoms with Crippen LogP contribution in [0.15, 0.2) is 219 Å². The van der Waals surface area contributed by atoms with E-state index in [2.05, 4.69) is 59.9 Å². The standard InChI is InChI=1S/C26H17Br.C20H15BO2.C6H4Br2/c27-20-16-14-19(15-17-20)26-23-12-6-4-10-21(23)25(18-8-2-1-3-9-18)22-11-5-7-13-24(22)26;22-21(23)20-17-12-6-4-10-15(17)19(14-8-2-1-3-9-14)16-11-5-7-13-18(16)20;7-5-1-2-6(8)4-3-5/h1-17H;1-13,22-23H;1-4H/i2*1D,2D,3D,8D,9D;. The maximum absolute atomic E-state index is 10.0. The van der Waals surface area contributed by atoms with Gasteiger partial charge in [-0.15, -0.1) is 0 Å². The second-order valence-corrected chi connectivity index (χ2v) is 15.8. The Hall–Kier alpha value is -5.34. The van der Waals surface area contributed by atoms with E-state index < -0.39 is 25.2 Å². The van der Waals surface area contributed by atoms with Gasteiger partial charge in [0.15, 0.2) is 0 Å². The Morgan fingerprint density at radius 3 is 0.897 bits per heavy atom. The molecule has 0 saturated heterocycles. The molecule has 0 aliphatic heterocycles.